The Hall–Kier alpha value is -4.22. The summed E-state index contributed by atoms with van der Waals surface area (Å²) in [5.41, 5.74) is 12.0. The predicted molar refractivity (Wildman–Crippen MR) is 209 cm³/mol. The molecule has 2 saturated heterocycles. The second kappa shape index (κ2) is 16.0. The second-order valence-corrected chi connectivity index (χ2v) is 17.1. The number of hydrogen-bond acceptors (Lipinski definition) is 12. The van der Waals surface area contributed by atoms with Crippen LogP contribution in [0.2, 0.25) is 5.02 Å². The summed E-state index contributed by atoms with van der Waals surface area (Å²) in [6, 6.07) is 12.3. The Kier molecular flexibility index (Phi) is 11.5. The lowest BCUT2D eigenvalue weighted by atomic mass is 9.99. The van der Waals surface area contributed by atoms with E-state index in [1.165, 1.54) is 23.8 Å². The molecule has 51 heavy (non-hydrogen) atoms. The molecule has 2 aliphatic heterocycles. The van der Waals surface area contributed by atoms with Crippen LogP contribution < -0.4 is 31.3 Å². The maximum atomic E-state index is 13.6. The maximum absolute atomic E-state index is 13.6. The van der Waals surface area contributed by atoms with Crippen LogP contribution in [0.3, 0.4) is 0 Å². The molecular formula is C37H48ClN10O2P. The van der Waals surface area contributed by atoms with E-state index in [1.807, 2.05) is 18.2 Å². The van der Waals surface area contributed by atoms with E-state index in [9.17, 15) is 4.57 Å². The molecule has 2 aromatic carbocycles. The van der Waals surface area contributed by atoms with Crippen molar-refractivity contribution >= 4 is 58.4 Å². The van der Waals surface area contributed by atoms with Crippen LogP contribution in [0, 0.1) is 0 Å². The first-order chi connectivity index (χ1) is 24.6. The van der Waals surface area contributed by atoms with Crippen molar-refractivity contribution in [2.75, 3.05) is 82.3 Å². The van der Waals surface area contributed by atoms with Gasteiger partial charge >= 0.3 is 0 Å². The number of hydrogen-bond donors (Lipinski definition) is 3. The molecule has 4 heterocycles. The molecule has 12 nitrogen and oxygen atoms in total. The molecule has 0 atom stereocenters. The largest absolute Gasteiger partial charge is 0.494 e. The minimum atomic E-state index is -2.78. The number of piperazine rings is 1. The van der Waals surface area contributed by atoms with Gasteiger partial charge < -0.3 is 35.5 Å². The summed E-state index contributed by atoms with van der Waals surface area (Å²) in [7, 11) is 1.11. The fraction of sp³-hybridized carbons (Fsp3) is 0.405. The molecule has 0 aliphatic carbocycles. The number of aromatic nitrogens is 4. The normalized spacial score (nSPS) is 16.7. The van der Waals surface area contributed by atoms with Crippen molar-refractivity contribution in [3.63, 3.8) is 0 Å². The smallest absolute Gasteiger partial charge is 0.229 e. The summed E-state index contributed by atoms with van der Waals surface area (Å²) >= 11 is 6.62. The molecule has 0 bridgehead atoms. The highest BCUT2D eigenvalue weighted by molar-refractivity contribution is 7.70. The van der Waals surface area contributed by atoms with Gasteiger partial charge in [-0.25, -0.2) is 15.0 Å². The molecule has 14 heteroatoms. The number of halogens is 1. The van der Waals surface area contributed by atoms with Crippen LogP contribution in [0.4, 0.5) is 28.8 Å². The average molecular weight is 731 g/mol. The Morgan fingerprint density at radius 2 is 1.80 bits per heavy atom. The zero-order chi connectivity index (χ0) is 36.1. The van der Waals surface area contributed by atoms with Gasteiger partial charge in [-0.2, -0.15) is 4.98 Å². The first kappa shape index (κ1) is 36.6. The highest BCUT2D eigenvalue weighted by atomic mass is 35.5. The zero-order valence-electron chi connectivity index (χ0n) is 30.1. The SMILES string of the molecule is CCc1cc(Nc2ncc(Cl)c(Nc3ccc(C(=CN)c4ccncn4)cc3P(C)(C)=O)n2)c(OC)cc1N1CCC(N2CCN(C)CC2)CC1. The Balaban J connectivity index is 1.22. The van der Waals surface area contributed by atoms with Gasteiger partial charge in [0.05, 0.1) is 30.4 Å². The van der Waals surface area contributed by atoms with Crippen molar-refractivity contribution in [2.45, 2.75) is 32.2 Å². The monoisotopic (exact) mass is 730 g/mol. The molecule has 4 N–H and O–H groups in total. The quantitative estimate of drug-likeness (QED) is 0.161. The molecule has 4 aromatic rings. The van der Waals surface area contributed by atoms with Crippen molar-refractivity contribution in [1.82, 2.24) is 29.7 Å². The lowest BCUT2D eigenvalue weighted by Crippen LogP contribution is -2.52. The van der Waals surface area contributed by atoms with Gasteiger partial charge in [0.15, 0.2) is 5.82 Å². The third-order valence-electron chi connectivity index (χ3n) is 9.80. The Morgan fingerprint density at radius 1 is 1.04 bits per heavy atom. The van der Waals surface area contributed by atoms with Gasteiger partial charge in [0.1, 0.15) is 24.2 Å². The van der Waals surface area contributed by atoms with Crippen LogP contribution in [0.25, 0.3) is 5.57 Å². The molecular weight excluding hydrogens is 683 g/mol. The van der Waals surface area contributed by atoms with Crippen LogP contribution in [-0.4, -0.2) is 103 Å². The number of rotatable bonds is 11. The average Bonchev–Trinajstić information content (AvgIpc) is 3.14. The predicted octanol–water partition coefficient (Wildman–Crippen LogP) is 5.79. The standard InChI is InChI=1S/C37H48ClN10O2P/c1-6-25-19-32(34(50-3)21-33(25)48-13-10-27(11-14-48)47-17-15-46(2)16-18-47)44-37-41-23-29(38)36(45-37)43-31-8-7-26(20-35(31)51(4,5)49)28(22-39)30-9-12-40-24-42-30/h7-9,12,19-24,27H,6,10-11,13-18,39H2,1-5H3,(H2,41,43,44,45). The van der Waals surface area contributed by atoms with Crippen LogP contribution in [0.5, 0.6) is 5.75 Å². The van der Waals surface area contributed by atoms with Crippen LogP contribution in [0.15, 0.2) is 61.3 Å². The molecule has 270 valence electrons. The van der Waals surface area contributed by atoms with Crippen LogP contribution in [0.1, 0.15) is 36.6 Å². The zero-order valence-corrected chi connectivity index (χ0v) is 31.7. The van der Waals surface area contributed by atoms with E-state index in [0.29, 0.717) is 50.8 Å². The fourth-order valence-corrected chi connectivity index (χ4v) is 8.21. The lowest BCUT2D eigenvalue weighted by molar-refractivity contribution is 0.0982. The van der Waals surface area contributed by atoms with E-state index in [1.54, 1.807) is 38.9 Å². The minimum absolute atomic E-state index is 0.317. The Morgan fingerprint density at radius 3 is 2.45 bits per heavy atom. The van der Waals surface area contributed by atoms with E-state index in [0.717, 1.165) is 69.8 Å². The highest BCUT2D eigenvalue weighted by Crippen LogP contribution is 2.41. The highest BCUT2D eigenvalue weighted by Gasteiger charge is 2.28. The third-order valence-corrected chi connectivity index (χ3v) is 11.6. The number of methoxy groups -OCH3 is 1. The van der Waals surface area contributed by atoms with E-state index in [-0.39, 0.29) is 0 Å². The molecule has 2 aliphatic rings. The fourth-order valence-electron chi connectivity index (χ4n) is 6.91. The van der Waals surface area contributed by atoms with Gasteiger partial charge in [0.2, 0.25) is 5.95 Å². The van der Waals surface area contributed by atoms with Crippen LogP contribution in [-0.2, 0) is 11.0 Å². The molecule has 2 aromatic heterocycles. The number of ether oxygens (including phenoxy) is 1. The van der Waals surface area contributed by atoms with E-state index in [2.05, 4.69) is 66.4 Å². The van der Waals surface area contributed by atoms with Crippen molar-refractivity contribution in [2.24, 2.45) is 5.73 Å². The maximum Gasteiger partial charge on any atom is 0.229 e. The van der Waals surface area contributed by atoms with Gasteiger partial charge in [0.25, 0.3) is 0 Å². The van der Waals surface area contributed by atoms with Crippen molar-refractivity contribution in [3.8, 4) is 5.75 Å². The number of piperidine rings is 1. The van der Waals surface area contributed by atoms with E-state index in [4.69, 9.17) is 27.1 Å². The first-order valence-electron chi connectivity index (χ1n) is 17.4. The van der Waals surface area contributed by atoms with Gasteiger partial charge in [0, 0.05) is 80.3 Å². The lowest BCUT2D eigenvalue weighted by Gasteiger charge is -2.43. The number of likely N-dealkylation sites (N-methyl/N-ethyl adjacent to an activating group) is 1. The Labute approximate surface area is 305 Å². The molecule has 0 saturated carbocycles. The molecule has 0 unspecified atom stereocenters. The number of aryl methyl sites for hydroxylation is 1. The van der Waals surface area contributed by atoms with Gasteiger partial charge in [-0.15, -0.1) is 0 Å². The number of nitrogens with zero attached hydrogens (tertiary/aromatic N) is 7. The molecule has 2 fully saturated rings. The molecule has 0 radical (unpaired) electrons. The number of nitrogens with one attached hydrogen (secondary N) is 2. The third kappa shape index (κ3) is 8.47. The van der Waals surface area contributed by atoms with Crippen molar-refractivity contribution < 1.29 is 9.30 Å². The van der Waals surface area contributed by atoms with Gasteiger partial charge in [-0.05, 0) is 75.0 Å². The summed E-state index contributed by atoms with van der Waals surface area (Å²) in [5.74, 6) is 1.42. The summed E-state index contributed by atoms with van der Waals surface area (Å²) in [6.45, 7) is 12.3. The second-order valence-electron chi connectivity index (χ2n) is 13.5. The van der Waals surface area contributed by atoms with Crippen molar-refractivity contribution in [1.29, 1.82) is 0 Å². The molecule has 0 amide bonds. The molecule has 0 spiro atoms. The van der Waals surface area contributed by atoms with Gasteiger partial charge in [-0.3, -0.25) is 4.90 Å². The summed E-state index contributed by atoms with van der Waals surface area (Å²) < 4.78 is 19.5. The van der Waals surface area contributed by atoms with Crippen molar-refractivity contribution in [3.05, 3.63) is 83.2 Å². The number of benzene rings is 2. The number of anilines is 5. The van der Waals surface area contributed by atoms with E-state index >= 15 is 0 Å². The van der Waals surface area contributed by atoms with Gasteiger partial charge in [-0.1, -0.05) is 24.6 Å². The first-order valence-corrected chi connectivity index (χ1v) is 20.4. The summed E-state index contributed by atoms with van der Waals surface area (Å²) in [5, 5.41) is 7.62. The molecule has 6 rings (SSSR count). The Bertz CT molecular complexity index is 1910. The summed E-state index contributed by atoms with van der Waals surface area (Å²) in [4.78, 5) is 25.1. The number of nitrogens with two attached hydrogens (primary N) is 1. The summed E-state index contributed by atoms with van der Waals surface area (Å²) in [6.07, 6.45) is 9.34. The topological polar surface area (TPSA) is 138 Å². The van der Waals surface area contributed by atoms with E-state index < -0.39 is 7.14 Å². The van der Waals surface area contributed by atoms with Crippen LogP contribution >= 0.6 is 18.7 Å². The minimum Gasteiger partial charge on any atom is -0.494 e.